The first-order valence-corrected chi connectivity index (χ1v) is 6.49. The van der Waals surface area contributed by atoms with Crippen molar-refractivity contribution in [3.63, 3.8) is 0 Å². The summed E-state index contributed by atoms with van der Waals surface area (Å²) in [5, 5.41) is 8.84. The fourth-order valence-electron chi connectivity index (χ4n) is 2.58. The Kier molecular flexibility index (Phi) is 4.17. The molecule has 0 saturated carbocycles. The van der Waals surface area contributed by atoms with Crippen LogP contribution in [0.25, 0.3) is 0 Å². The van der Waals surface area contributed by atoms with E-state index in [0.29, 0.717) is 12.5 Å². The van der Waals surface area contributed by atoms with Gasteiger partial charge in [-0.1, -0.05) is 30.7 Å². The SMILES string of the molecule is CC1CCCCN1Cc1ccccc1CC#N. The van der Waals surface area contributed by atoms with Crippen molar-refractivity contribution in [3.05, 3.63) is 35.4 Å². The van der Waals surface area contributed by atoms with Gasteiger partial charge in [0.1, 0.15) is 0 Å². The highest BCUT2D eigenvalue weighted by Gasteiger charge is 2.18. The van der Waals surface area contributed by atoms with Crippen LogP contribution in [0.2, 0.25) is 0 Å². The molecule has 90 valence electrons. The molecule has 1 fully saturated rings. The van der Waals surface area contributed by atoms with Crippen molar-refractivity contribution in [2.24, 2.45) is 0 Å². The number of likely N-dealkylation sites (tertiary alicyclic amines) is 1. The molecule has 17 heavy (non-hydrogen) atoms. The van der Waals surface area contributed by atoms with E-state index in [-0.39, 0.29) is 0 Å². The predicted octanol–water partition coefficient (Wildman–Crippen LogP) is 3.13. The Bertz CT molecular complexity index is 406. The van der Waals surface area contributed by atoms with Gasteiger partial charge in [-0.3, -0.25) is 4.90 Å². The Morgan fingerprint density at radius 1 is 1.29 bits per heavy atom. The van der Waals surface area contributed by atoms with E-state index < -0.39 is 0 Å². The number of benzene rings is 1. The summed E-state index contributed by atoms with van der Waals surface area (Å²) in [6.07, 6.45) is 4.50. The van der Waals surface area contributed by atoms with Crippen LogP contribution in [0.3, 0.4) is 0 Å². The van der Waals surface area contributed by atoms with Crippen LogP contribution in [0.15, 0.2) is 24.3 Å². The zero-order valence-electron chi connectivity index (χ0n) is 10.5. The second kappa shape index (κ2) is 5.84. The molecular formula is C15H20N2. The highest BCUT2D eigenvalue weighted by molar-refractivity contribution is 5.29. The number of hydrogen-bond donors (Lipinski definition) is 0. The molecule has 0 spiro atoms. The maximum atomic E-state index is 8.84. The normalized spacial score (nSPS) is 21.1. The predicted molar refractivity (Wildman–Crippen MR) is 69.5 cm³/mol. The van der Waals surface area contributed by atoms with E-state index in [1.165, 1.54) is 36.9 Å². The van der Waals surface area contributed by atoms with Crippen molar-refractivity contribution in [3.8, 4) is 6.07 Å². The molecular weight excluding hydrogens is 208 g/mol. The standard InChI is InChI=1S/C15H20N2/c1-13-6-4-5-11-17(13)12-15-8-3-2-7-14(15)9-10-16/h2-3,7-8,13H,4-6,9,11-12H2,1H3. The second-order valence-corrected chi connectivity index (χ2v) is 4.92. The van der Waals surface area contributed by atoms with Crippen LogP contribution in [0, 0.1) is 11.3 Å². The summed E-state index contributed by atoms with van der Waals surface area (Å²) < 4.78 is 0. The van der Waals surface area contributed by atoms with E-state index in [0.717, 1.165) is 6.54 Å². The number of piperidine rings is 1. The summed E-state index contributed by atoms with van der Waals surface area (Å²) in [6, 6.07) is 11.3. The Hall–Kier alpha value is -1.33. The van der Waals surface area contributed by atoms with Crippen LogP contribution in [-0.4, -0.2) is 17.5 Å². The quantitative estimate of drug-likeness (QED) is 0.794. The van der Waals surface area contributed by atoms with Crippen molar-refractivity contribution in [1.82, 2.24) is 4.90 Å². The smallest absolute Gasteiger partial charge is 0.0669 e. The first-order chi connectivity index (χ1) is 8.31. The lowest BCUT2D eigenvalue weighted by molar-refractivity contribution is 0.152. The summed E-state index contributed by atoms with van der Waals surface area (Å²) in [5.41, 5.74) is 2.51. The van der Waals surface area contributed by atoms with Crippen LogP contribution in [0.5, 0.6) is 0 Å². The van der Waals surface area contributed by atoms with Crippen molar-refractivity contribution in [2.75, 3.05) is 6.54 Å². The van der Waals surface area contributed by atoms with E-state index in [9.17, 15) is 0 Å². The molecule has 1 atom stereocenters. The van der Waals surface area contributed by atoms with Gasteiger partial charge in [0.15, 0.2) is 0 Å². The lowest BCUT2D eigenvalue weighted by atomic mass is 10.00. The van der Waals surface area contributed by atoms with Crippen LogP contribution in [0.1, 0.15) is 37.3 Å². The van der Waals surface area contributed by atoms with Gasteiger partial charge in [0.25, 0.3) is 0 Å². The molecule has 1 unspecified atom stereocenters. The van der Waals surface area contributed by atoms with Gasteiger partial charge in [-0.25, -0.2) is 0 Å². The van der Waals surface area contributed by atoms with Gasteiger partial charge < -0.3 is 0 Å². The van der Waals surface area contributed by atoms with Gasteiger partial charge in [-0.2, -0.15) is 5.26 Å². The average molecular weight is 228 g/mol. The molecule has 1 aromatic rings. The fourth-order valence-corrected chi connectivity index (χ4v) is 2.58. The van der Waals surface area contributed by atoms with Gasteiger partial charge in [-0.15, -0.1) is 0 Å². The molecule has 0 amide bonds. The minimum absolute atomic E-state index is 0.526. The van der Waals surface area contributed by atoms with E-state index >= 15 is 0 Å². The molecule has 0 N–H and O–H groups in total. The number of hydrogen-bond acceptors (Lipinski definition) is 2. The number of nitrogens with zero attached hydrogens (tertiary/aromatic N) is 2. The summed E-state index contributed by atoms with van der Waals surface area (Å²) >= 11 is 0. The van der Waals surface area contributed by atoms with Gasteiger partial charge in [0, 0.05) is 12.6 Å². The van der Waals surface area contributed by atoms with Crippen LogP contribution < -0.4 is 0 Å². The Morgan fingerprint density at radius 3 is 2.76 bits per heavy atom. The average Bonchev–Trinajstić information content (AvgIpc) is 2.35. The molecule has 2 nitrogen and oxygen atoms in total. The van der Waals surface area contributed by atoms with Crippen LogP contribution in [0.4, 0.5) is 0 Å². The number of rotatable bonds is 3. The molecule has 1 aliphatic heterocycles. The third-order valence-corrected chi connectivity index (χ3v) is 3.70. The first-order valence-electron chi connectivity index (χ1n) is 6.49. The molecule has 1 heterocycles. The Labute approximate surface area is 104 Å². The Balaban J connectivity index is 2.09. The van der Waals surface area contributed by atoms with Crippen molar-refractivity contribution in [1.29, 1.82) is 5.26 Å². The minimum Gasteiger partial charge on any atom is -0.296 e. The van der Waals surface area contributed by atoms with Crippen molar-refractivity contribution >= 4 is 0 Å². The van der Waals surface area contributed by atoms with E-state index in [1.807, 2.05) is 6.07 Å². The van der Waals surface area contributed by atoms with E-state index in [2.05, 4.69) is 36.1 Å². The second-order valence-electron chi connectivity index (χ2n) is 4.92. The first kappa shape index (κ1) is 12.1. The lowest BCUT2D eigenvalue weighted by Gasteiger charge is -2.33. The lowest BCUT2D eigenvalue weighted by Crippen LogP contribution is -2.36. The van der Waals surface area contributed by atoms with E-state index in [4.69, 9.17) is 5.26 Å². The topological polar surface area (TPSA) is 27.0 Å². The largest absolute Gasteiger partial charge is 0.296 e. The zero-order chi connectivity index (χ0) is 12.1. The van der Waals surface area contributed by atoms with Gasteiger partial charge >= 0.3 is 0 Å². The molecule has 0 radical (unpaired) electrons. The molecule has 2 heteroatoms. The maximum Gasteiger partial charge on any atom is 0.0669 e. The van der Waals surface area contributed by atoms with Crippen LogP contribution >= 0.6 is 0 Å². The van der Waals surface area contributed by atoms with Crippen molar-refractivity contribution < 1.29 is 0 Å². The van der Waals surface area contributed by atoms with Crippen molar-refractivity contribution in [2.45, 2.75) is 45.2 Å². The molecule has 0 bridgehead atoms. The summed E-state index contributed by atoms with van der Waals surface area (Å²) in [4.78, 5) is 2.54. The third-order valence-electron chi connectivity index (χ3n) is 3.70. The highest BCUT2D eigenvalue weighted by atomic mass is 15.2. The van der Waals surface area contributed by atoms with Gasteiger partial charge in [0.05, 0.1) is 12.5 Å². The summed E-state index contributed by atoms with van der Waals surface area (Å²) in [5.74, 6) is 0. The van der Waals surface area contributed by atoms with Gasteiger partial charge in [0.2, 0.25) is 0 Å². The zero-order valence-corrected chi connectivity index (χ0v) is 10.5. The maximum absolute atomic E-state index is 8.84. The van der Waals surface area contributed by atoms with E-state index in [1.54, 1.807) is 0 Å². The Morgan fingerprint density at radius 2 is 2.06 bits per heavy atom. The molecule has 2 rings (SSSR count). The van der Waals surface area contributed by atoms with Crippen LogP contribution in [-0.2, 0) is 13.0 Å². The minimum atomic E-state index is 0.526. The molecule has 0 aromatic heterocycles. The summed E-state index contributed by atoms with van der Waals surface area (Å²) in [7, 11) is 0. The summed E-state index contributed by atoms with van der Waals surface area (Å²) in [6.45, 7) is 4.51. The monoisotopic (exact) mass is 228 g/mol. The molecule has 1 aromatic carbocycles. The number of nitriles is 1. The highest BCUT2D eigenvalue weighted by Crippen LogP contribution is 2.20. The molecule has 1 saturated heterocycles. The fraction of sp³-hybridized carbons (Fsp3) is 0.533. The van der Waals surface area contributed by atoms with Gasteiger partial charge in [-0.05, 0) is 37.4 Å². The molecule has 1 aliphatic rings. The third kappa shape index (κ3) is 3.08. The molecule has 0 aliphatic carbocycles.